The summed E-state index contributed by atoms with van der Waals surface area (Å²) in [6, 6.07) is 3.83. The fourth-order valence-electron chi connectivity index (χ4n) is 1.45. The second-order valence-corrected chi connectivity index (χ2v) is 5.79. The van der Waals surface area contributed by atoms with Gasteiger partial charge in [0, 0.05) is 17.0 Å². The fraction of sp³-hybridized carbons (Fsp3) is 0.231. The summed E-state index contributed by atoms with van der Waals surface area (Å²) in [5.74, 6) is 0.0633. The summed E-state index contributed by atoms with van der Waals surface area (Å²) in [4.78, 5) is 20.1. The van der Waals surface area contributed by atoms with Crippen molar-refractivity contribution in [2.24, 2.45) is 5.10 Å². The predicted molar refractivity (Wildman–Crippen MR) is 82.3 cm³/mol. The first kappa shape index (κ1) is 14.7. The van der Waals surface area contributed by atoms with Gasteiger partial charge >= 0.3 is 0 Å². The number of hydrazone groups is 1. The monoisotopic (exact) mass is 306 g/mol. The van der Waals surface area contributed by atoms with Gasteiger partial charge in [-0.1, -0.05) is 11.8 Å². The first-order valence-electron chi connectivity index (χ1n) is 5.92. The van der Waals surface area contributed by atoms with Gasteiger partial charge in [0.1, 0.15) is 0 Å². The molecule has 0 spiro atoms. The number of thioether (sulfide) groups is 1. The molecule has 2 aromatic rings. The van der Waals surface area contributed by atoms with Crippen molar-refractivity contribution in [3.05, 3.63) is 39.8 Å². The SMILES string of the molecule is Cc1cc(C)nc(SCC(=O)N/N=C\c2ccsc2)n1. The van der Waals surface area contributed by atoms with Crippen molar-refractivity contribution in [2.45, 2.75) is 19.0 Å². The molecule has 0 fully saturated rings. The van der Waals surface area contributed by atoms with E-state index in [2.05, 4.69) is 20.5 Å². The first-order chi connectivity index (χ1) is 9.63. The van der Waals surface area contributed by atoms with Crippen LogP contribution < -0.4 is 5.43 Å². The molecule has 2 rings (SSSR count). The number of carbonyl (C=O) groups excluding carboxylic acids is 1. The average molecular weight is 306 g/mol. The molecule has 0 unspecified atom stereocenters. The second kappa shape index (κ2) is 7.16. The van der Waals surface area contributed by atoms with Crippen LogP contribution in [0.1, 0.15) is 17.0 Å². The fourth-order valence-corrected chi connectivity index (χ4v) is 2.80. The Kier molecular flexibility index (Phi) is 5.25. The zero-order chi connectivity index (χ0) is 14.4. The van der Waals surface area contributed by atoms with Crippen molar-refractivity contribution in [2.75, 3.05) is 5.75 Å². The van der Waals surface area contributed by atoms with Crippen LogP contribution in [0.15, 0.2) is 33.2 Å². The van der Waals surface area contributed by atoms with Crippen LogP contribution in [0.4, 0.5) is 0 Å². The zero-order valence-electron chi connectivity index (χ0n) is 11.2. The van der Waals surface area contributed by atoms with Crippen molar-refractivity contribution in [1.29, 1.82) is 0 Å². The molecule has 104 valence electrons. The molecule has 0 radical (unpaired) electrons. The zero-order valence-corrected chi connectivity index (χ0v) is 12.8. The molecular weight excluding hydrogens is 292 g/mol. The first-order valence-corrected chi connectivity index (χ1v) is 7.85. The molecule has 0 aliphatic rings. The summed E-state index contributed by atoms with van der Waals surface area (Å²) in [6.07, 6.45) is 1.62. The number of hydrogen-bond donors (Lipinski definition) is 1. The molecule has 0 saturated carbocycles. The van der Waals surface area contributed by atoms with Gasteiger partial charge in [-0.25, -0.2) is 15.4 Å². The lowest BCUT2D eigenvalue weighted by Crippen LogP contribution is -2.19. The highest BCUT2D eigenvalue weighted by molar-refractivity contribution is 7.99. The number of hydrogen-bond acceptors (Lipinski definition) is 6. The van der Waals surface area contributed by atoms with E-state index in [4.69, 9.17) is 0 Å². The van der Waals surface area contributed by atoms with Crippen LogP contribution in [0, 0.1) is 13.8 Å². The number of aryl methyl sites for hydroxylation is 2. The number of carbonyl (C=O) groups is 1. The molecule has 7 heteroatoms. The Labute approximate surface area is 125 Å². The molecule has 0 aromatic carbocycles. The van der Waals surface area contributed by atoms with E-state index < -0.39 is 0 Å². The van der Waals surface area contributed by atoms with E-state index >= 15 is 0 Å². The number of amides is 1. The van der Waals surface area contributed by atoms with Crippen LogP contribution in [-0.2, 0) is 4.79 Å². The topological polar surface area (TPSA) is 67.2 Å². The largest absolute Gasteiger partial charge is 0.272 e. The minimum Gasteiger partial charge on any atom is -0.272 e. The van der Waals surface area contributed by atoms with Crippen molar-refractivity contribution in [3.63, 3.8) is 0 Å². The van der Waals surface area contributed by atoms with E-state index in [1.807, 2.05) is 36.7 Å². The number of nitrogens with zero attached hydrogens (tertiary/aromatic N) is 3. The maximum atomic E-state index is 11.6. The molecule has 0 saturated heterocycles. The minimum absolute atomic E-state index is 0.177. The van der Waals surface area contributed by atoms with E-state index in [0.717, 1.165) is 17.0 Å². The van der Waals surface area contributed by atoms with Crippen molar-refractivity contribution >= 4 is 35.2 Å². The van der Waals surface area contributed by atoms with E-state index in [9.17, 15) is 4.79 Å². The highest BCUT2D eigenvalue weighted by atomic mass is 32.2. The van der Waals surface area contributed by atoms with Gasteiger partial charge in [-0.15, -0.1) is 0 Å². The van der Waals surface area contributed by atoms with Crippen LogP contribution in [0.2, 0.25) is 0 Å². The van der Waals surface area contributed by atoms with E-state index in [1.165, 1.54) is 11.8 Å². The average Bonchev–Trinajstić information content (AvgIpc) is 2.88. The van der Waals surface area contributed by atoms with Crippen LogP contribution in [0.25, 0.3) is 0 Å². The number of rotatable bonds is 5. The Morgan fingerprint density at radius 2 is 2.20 bits per heavy atom. The summed E-state index contributed by atoms with van der Waals surface area (Å²) in [5, 5.41) is 8.41. The minimum atomic E-state index is -0.177. The van der Waals surface area contributed by atoms with E-state index in [1.54, 1.807) is 17.6 Å². The van der Waals surface area contributed by atoms with Gasteiger partial charge in [-0.3, -0.25) is 4.79 Å². The lowest BCUT2D eigenvalue weighted by atomic mass is 10.4. The van der Waals surface area contributed by atoms with Crippen molar-refractivity contribution < 1.29 is 4.79 Å². The Morgan fingerprint density at radius 3 is 2.85 bits per heavy atom. The molecule has 1 N–H and O–H groups in total. The second-order valence-electron chi connectivity index (χ2n) is 4.07. The van der Waals surface area contributed by atoms with Gasteiger partial charge in [0.05, 0.1) is 12.0 Å². The highest BCUT2D eigenvalue weighted by Gasteiger charge is 2.05. The summed E-state index contributed by atoms with van der Waals surface area (Å²) < 4.78 is 0. The van der Waals surface area contributed by atoms with Gasteiger partial charge in [0.15, 0.2) is 5.16 Å². The van der Waals surface area contributed by atoms with Gasteiger partial charge < -0.3 is 0 Å². The van der Waals surface area contributed by atoms with Crippen LogP contribution in [-0.4, -0.2) is 27.8 Å². The van der Waals surface area contributed by atoms with Crippen molar-refractivity contribution in [1.82, 2.24) is 15.4 Å². The van der Waals surface area contributed by atoms with Crippen LogP contribution in [0.3, 0.4) is 0 Å². The van der Waals surface area contributed by atoms with Gasteiger partial charge in [-0.05, 0) is 36.7 Å². The summed E-state index contributed by atoms with van der Waals surface area (Å²) in [5.41, 5.74) is 5.25. The molecule has 20 heavy (non-hydrogen) atoms. The lowest BCUT2D eigenvalue weighted by Gasteiger charge is -2.02. The van der Waals surface area contributed by atoms with Crippen molar-refractivity contribution in [3.8, 4) is 0 Å². The standard InChI is InChI=1S/C13H14N4OS2/c1-9-5-10(2)16-13(15-9)20-8-12(18)17-14-6-11-3-4-19-7-11/h3-7H,8H2,1-2H3,(H,17,18)/b14-6-. The van der Waals surface area contributed by atoms with Gasteiger partial charge in [0.25, 0.3) is 5.91 Å². The van der Waals surface area contributed by atoms with Gasteiger partial charge in [-0.2, -0.15) is 16.4 Å². The number of nitrogens with one attached hydrogen (secondary N) is 1. The lowest BCUT2D eigenvalue weighted by molar-refractivity contribution is -0.118. The Balaban J connectivity index is 1.80. The molecular formula is C13H14N4OS2. The molecule has 2 heterocycles. The maximum Gasteiger partial charge on any atom is 0.250 e. The molecule has 2 aromatic heterocycles. The third-order valence-electron chi connectivity index (χ3n) is 2.24. The molecule has 0 atom stereocenters. The molecule has 0 aliphatic heterocycles. The quantitative estimate of drug-likeness (QED) is 0.399. The Hall–Kier alpha value is -1.73. The maximum absolute atomic E-state index is 11.6. The third-order valence-corrected chi connectivity index (χ3v) is 3.79. The molecule has 0 aliphatic carbocycles. The molecule has 0 bridgehead atoms. The summed E-state index contributed by atoms with van der Waals surface area (Å²) >= 11 is 2.88. The van der Waals surface area contributed by atoms with Crippen LogP contribution >= 0.6 is 23.1 Å². The van der Waals surface area contributed by atoms with Gasteiger partial charge in [0.2, 0.25) is 0 Å². The Morgan fingerprint density at radius 1 is 1.45 bits per heavy atom. The Bertz CT molecular complexity index is 591. The van der Waals surface area contributed by atoms with E-state index in [0.29, 0.717) is 5.16 Å². The summed E-state index contributed by atoms with van der Waals surface area (Å²) in [6.45, 7) is 3.81. The molecule has 1 amide bonds. The highest BCUT2D eigenvalue weighted by Crippen LogP contribution is 2.13. The third kappa shape index (κ3) is 4.75. The molecule has 5 nitrogen and oxygen atoms in total. The van der Waals surface area contributed by atoms with E-state index in [-0.39, 0.29) is 11.7 Å². The number of thiophene rings is 1. The van der Waals surface area contributed by atoms with Crippen LogP contribution in [0.5, 0.6) is 0 Å². The summed E-state index contributed by atoms with van der Waals surface area (Å²) in [7, 11) is 0. The smallest absolute Gasteiger partial charge is 0.250 e. The predicted octanol–water partition coefficient (Wildman–Crippen LogP) is 2.40. The normalized spacial score (nSPS) is 10.9. The number of aromatic nitrogens is 2.